The third-order valence-electron chi connectivity index (χ3n) is 4.17. The molecule has 6 heteroatoms. The van der Waals surface area contributed by atoms with Crippen LogP contribution in [0.2, 0.25) is 0 Å². The lowest BCUT2D eigenvalue weighted by atomic mass is 10.0. The van der Waals surface area contributed by atoms with Crippen molar-refractivity contribution in [2.75, 3.05) is 52.9 Å². The van der Waals surface area contributed by atoms with Crippen LogP contribution < -0.4 is 0 Å². The summed E-state index contributed by atoms with van der Waals surface area (Å²) in [6.45, 7) is 13.0. The first kappa shape index (κ1) is 27.3. The van der Waals surface area contributed by atoms with Gasteiger partial charge in [-0.25, -0.2) is 0 Å². The van der Waals surface area contributed by atoms with Gasteiger partial charge in [-0.1, -0.05) is 39.5 Å². The maximum atomic E-state index is 11.6. The summed E-state index contributed by atoms with van der Waals surface area (Å²) >= 11 is 0. The summed E-state index contributed by atoms with van der Waals surface area (Å²) in [5.74, 6) is 0.653. The highest BCUT2D eigenvalue weighted by Gasteiger charge is 2.04. The molecule has 0 saturated heterocycles. The minimum Gasteiger partial charge on any atom is -0.466 e. The number of unbranched alkanes of at least 4 members (excludes halogenated alkanes) is 3. The normalized spacial score (nSPS) is 12.5. The van der Waals surface area contributed by atoms with Crippen LogP contribution >= 0.6 is 0 Å². The molecule has 0 fully saturated rings. The lowest BCUT2D eigenvalue weighted by molar-refractivity contribution is -0.144. The molecule has 1 atom stereocenters. The maximum absolute atomic E-state index is 11.6. The molecule has 0 rings (SSSR count). The first-order chi connectivity index (χ1) is 13.6. The average Bonchev–Trinajstić information content (AvgIpc) is 2.66. The van der Waals surface area contributed by atoms with Crippen molar-refractivity contribution in [3.05, 3.63) is 0 Å². The van der Waals surface area contributed by atoms with Gasteiger partial charge in [0.25, 0.3) is 0 Å². The molecule has 0 N–H and O–H groups in total. The minimum atomic E-state index is -0.125. The number of rotatable bonds is 21. The van der Waals surface area contributed by atoms with E-state index in [1.807, 2.05) is 13.8 Å². The van der Waals surface area contributed by atoms with Gasteiger partial charge in [-0.2, -0.15) is 0 Å². The van der Waals surface area contributed by atoms with Crippen LogP contribution in [0.15, 0.2) is 0 Å². The van der Waals surface area contributed by atoms with E-state index in [0.717, 1.165) is 18.8 Å². The van der Waals surface area contributed by atoms with Crippen molar-refractivity contribution >= 4 is 5.97 Å². The van der Waals surface area contributed by atoms with Crippen molar-refractivity contribution in [2.45, 2.75) is 78.7 Å². The molecule has 0 saturated carbocycles. The number of carbonyl (C=O) groups excluding carboxylic acids is 1. The summed E-state index contributed by atoms with van der Waals surface area (Å²) < 4.78 is 27.0. The van der Waals surface area contributed by atoms with Gasteiger partial charge in [-0.3, -0.25) is 4.79 Å². The largest absolute Gasteiger partial charge is 0.466 e. The molecular formula is C22H44O6. The van der Waals surface area contributed by atoms with Crippen molar-refractivity contribution in [1.29, 1.82) is 0 Å². The molecule has 0 aromatic carbocycles. The van der Waals surface area contributed by atoms with Gasteiger partial charge in [0.05, 0.1) is 45.7 Å². The molecule has 0 spiro atoms. The first-order valence-corrected chi connectivity index (χ1v) is 11.1. The fourth-order valence-corrected chi connectivity index (χ4v) is 2.55. The molecule has 28 heavy (non-hydrogen) atoms. The number of esters is 1. The Bertz CT molecular complexity index is 335. The fourth-order valence-electron chi connectivity index (χ4n) is 2.55. The second-order valence-corrected chi connectivity index (χ2v) is 7.49. The van der Waals surface area contributed by atoms with Gasteiger partial charge >= 0.3 is 5.97 Å². The SMILES string of the molecule is CCOCCOCC(C)OCCOCCCC(=O)OCCCCCCC(C)C. The van der Waals surface area contributed by atoms with Crippen LogP contribution in [0.1, 0.15) is 72.6 Å². The number of hydrogen-bond donors (Lipinski definition) is 0. The van der Waals surface area contributed by atoms with E-state index in [1.54, 1.807) is 0 Å². The van der Waals surface area contributed by atoms with Gasteiger partial charge in [0.1, 0.15) is 0 Å². The van der Waals surface area contributed by atoms with Crippen LogP contribution in [0.4, 0.5) is 0 Å². The van der Waals surface area contributed by atoms with Gasteiger partial charge in [-0.15, -0.1) is 0 Å². The summed E-state index contributed by atoms with van der Waals surface area (Å²) in [6, 6.07) is 0. The summed E-state index contributed by atoms with van der Waals surface area (Å²) in [4.78, 5) is 11.6. The Morgan fingerprint density at radius 1 is 0.750 bits per heavy atom. The van der Waals surface area contributed by atoms with E-state index in [4.69, 9.17) is 23.7 Å². The predicted octanol–water partition coefficient (Wildman–Crippen LogP) is 4.39. The van der Waals surface area contributed by atoms with E-state index in [0.29, 0.717) is 65.7 Å². The second-order valence-electron chi connectivity index (χ2n) is 7.49. The number of carbonyl (C=O) groups is 1. The molecule has 0 aliphatic heterocycles. The highest BCUT2D eigenvalue weighted by molar-refractivity contribution is 5.69. The lowest BCUT2D eigenvalue weighted by Crippen LogP contribution is -2.20. The zero-order chi connectivity index (χ0) is 20.9. The van der Waals surface area contributed by atoms with Crippen LogP contribution in [-0.2, 0) is 28.5 Å². The molecule has 0 aliphatic rings. The molecule has 0 heterocycles. The van der Waals surface area contributed by atoms with Crippen LogP contribution in [0.25, 0.3) is 0 Å². The zero-order valence-corrected chi connectivity index (χ0v) is 18.7. The molecule has 0 aromatic rings. The van der Waals surface area contributed by atoms with E-state index >= 15 is 0 Å². The van der Waals surface area contributed by atoms with Gasteiger partial charge in [-0.05, 0) is 32.6 Å². The van der Waals surface area contributed by atoms with Gasteiger partial charge in [0.2, 0.25) is 0 Å². The second kappa shape index (κ2) is 21.0. The third kappa shape index (κ3) is 21.6. The van der Waals surface area contributed by atoms with Crippen molar-refractivity contribution in [3.8, 4) is 0 Å². The predicted molar refractivity (Wildman–Crippen MR) is 112 cm³/mol. The standard InChI is InChI=1S/C22H44O6/c1-5-24-15-16-26-19-21(4)27-18-17-25-13-10-12-22(23)28-14-9-7-6-8-11-20(2)3/h20-21H,5-19H2,1-4H3. The molecule has 6 nitrogen and oxygen atoms in total. The Labute approximate surface area is 172 Å². The first-order valence-electron chi connectivity index (χ1n) is 11.1. The fraction of sp³-hybridized carbons (Fsp3) is 0.955. The monoisotopic (exact) mass is 404 g/mol. The molecule has 0 bridgehead atoms. The lowest BCUT2D eigenvalue weighted by Gasteiger charge is -2.13. The smallest absolute Gasteiger partial charge is 0.305 e. The zero-order valence-electron chi connectivity index (χ0n) is 18.7. The topological polar surface area (TPSA) is 63.2 Å². The third-order valence-corrected chi connectivity index (χ3v) is 4.17. The Balaban J connectivity index is 3.27. The van der Waals surface area contributed by atoms with Crippen molar-refractivity contribution in [1.82, 2.24) is 0 Å². The van der Waals surface area contributed by atoms with E-state index < -0.39 is 0 Å². The van der Waals surface area contributed by atoms with E-state index in [-0.39, 0.29) is 12.1 Å². The van der Waals surface area contributed by atoms with Gasteiger partial charge < -0.3 is 23.7 Å². The number of hydrogen-bond acceptors (Lipinski definition) is 6. The van der Waals surface area contributed by atoms with Crippen LogP contribution in [0, 0.1) is 5.92 Å². The molecule has 0 aromatic heterocycles. The van der Waals surface area contributed by atoms with E-state index in [2.05, 4.69) is 13.8 Å². The Hall–Kier alpha value is -0.690. The van der Waals surface area contributed by atoms with Crippen LogP contribution in [-0.4, -0.2) is 64.9 Å². The van der Waals surface area contributed by atoms with Crippen molar-refractivity contribution in [2.24, 2.45) is 5.92 Å². The summed E-state index contributed by atoms with van der Waals surface area (Å²) in [5, 5.41) is 0. The van der Waals surface area contributed by atoms with Crippen molar-refractivity contribution < 1.29 is 28.5 Å². The molecule has 1 unspecified atom stereocenters. The summed E-state index contributed by atoms with van der Waals surface area (Å²) in [5.41, 5.74) is 0. The maximum Gasteiger partial charge on any atom is 0.305 e. The molecule has 0 amide bonds. The number of ether oxygens (including phenoxy) is 5. The van der Waals surface area contributed by atoms with Gasteiger partial charge in [0, 0.05) is 19.6 Å². The highest BCUT2D eigenvalue weighted by Crippen LogP contribution is 2.09. The van der Waals surface area contributed by atoms with E-state index in [9.17, 15) is 4.79 Å². The molecular weight excluding hydrogens is 360 g/mol. The Kier molecular flexibility index (Phi) is 20.5. The highest BCUT2D eigenvalue weighted by atomic mass is 16.6. The Morgan fingerprint density at radius 3 is 2.21 bits per heavy atom. The summed E-state index contributed by atoms with van der Waals surface area (Å²) in [6.07, 6.45) is 7.01. The van der Waals surface area contributed by atoms with Gasteiger partial charge in [0.15, 0.2) is 0 Å². The summed E-state index contributed by atoms with van der Waals surface area (Å²) in [7, 11) is 0. The van der Waals surface area contributed by atoms with Crippen LogP contribution in [0.5, 0.6) is 0 Å². The van der Waals surface area contributed by atoms with E-state index in [1.165, 1.54) is 19.3 Å². The van der Waals surface area contributed by atoms with Crippen molar-refractivity contribution in [3.63, 3.8) is 0 Å². The molecule has 0 radical (unpaired) electrons. The quantitative estimate of drug-likeness (QED) is 0.209. The minimum absolute atomic E-state index is 0.0329. The average molecular weight is 405 g/mol. The molecule has 0 aliphatic carbocycles. The Morgan fingerprint density at radius 2 is 1.46 bits per heavy atom. The molecule has 168 valence electrons. The van der Waals surface area contributed by atoms with Crippen LogP contribution in [0.3, 0.4) is 0 Å².